The van der Waals surface area contributed by atoms with E-state index in [0.717, 1.165) is 32.0 Å². The van der Waals surface area contributed by atoms with Crippen LogP contribution in [-0.2, 0) is 0 Å². The summed E-state index contributed by atoms with van der Waals surface area (Å²) >= 11 is 0. The number of pyridine rings is 1. The Labute approximate surface area is 160 Å². The fourth-order valence-electron chi connectivity index (χ4n) is 3.91. The zero-order chi connectivity index (χ0) is 18.8. The Bertz CT molecular complexity index is 753. The topological polar surface area (TPSA) is 67.2 Å². The van der Waals surface area contributed by atoms with Crippen LogP contribution in [0.15, 0.2) is 31.0 Å². The van der Waals surface area contributed by atoms with E-state index in [1.54, 1.807) is 23.4 Å². The van der Waals surface area contributed by atoms with E-state index in [1.165, 1.54) is 19.4 Å². The summed E-state index contributed by atoms with van der Waals surface area (Å²) in [6, 6.07) is 4.12. The Hall–Kier alpha value is -2.28. The van der Waals surface area contributed by atoms with Gasteiger partial charge in [-0.15, -0.1) is 10.2 Å². The Kier molecular flexibility index (Phi) is 5.20. The smallest absolute Gasteiger partial charge is 0.255 e. The average molecular weight is 368 g/mol. The Morgan fingerprint density at radius 3 is 2.59 bits per heavy atom. The maximum absolute atomic E-state index is 13.1. The van der Waals surface area contributed by atoms with Gasteiger partial charge in [0.1, 0.15) is 18.5 Å². The molecule has 4 rings (SSSR count). The lowest BCUT2D eigenvalue weighted by Gasteiger charge is -2.34. The van der Waals surface area contributed by atoms with Crippen molar-refractivity contribution < 1.29 is 4.79 Å². The van der Waals surface area contributed by atoms with Crippen molar-refractivity contribution >= 4 is 5.91 Å². The van der Waals surface area contributed by atoms with E-state index < -0.39 is 0 Å². The standard InChI is InChI=1S/C20H28N6O/c1-15(2)18-12-25(9-3-8-24(18)11-16-4-5-16)20(27)17-6-7-19(21-10-17)26-13-22-23-14-26/h6-7,10,13-16,18H,3-5,8-9,11-12H2,1-2H3/t18-/m1/s1. The minimum atomic E-state index is 0.0803. The van der Waals surface area contributed by atoms with Crippen LogP contribution in [0.25, 0.3) is 5.82 Å². The van der Waals surface area contributed by atoms with Gasteiger partial charge in [-0.1, -0.05) is 13.8 Å². The van der Waals surface area contributed by atoms with E-state index >= 15 is 0 Å². The molecule has 2 aliphatic rings. The number of hydrogen-bond acceptors (Lipinski definition) is 5. The number of carbonyl (C=O) groups excluding carboxylic acids is 1. The summed E-state index contributed by atoms with van der Waals surface area (Å²) in [4.78, 5) is 22.1. The summed E-state index contributed by atoms with van der Waals surface area (Å²) in [6.45, 7) is 8.45. The fourth-order valence-corrected chi connectivity index (χ4v) is 3.91. The van der Waals surface area contributed by atoms with Crippen LogP contribution in [0.1, 0.15) is 43.5 Å². The number of aromatic nitrogens is 4. The molecule has 27 heavy (non-hydrogen) atoms. The first kappa shape index (κ1) is 18.1. The van der Waals surface area contributed by atoms with Gasteiger partial charge >= 0.3 is 0 Å². The van der Waals surface area contributed by atoms with Gasteiger partial charge in [0.05, 0.1) is 5.56 Å². The second-order valence-electron chi connectivity index (χ2n) is 8.13. The lowest BCUT2D eigenvalue weighted by molar-refractivity contribution is 0.0704. The van der Waals surface area contributed by atoms with Gasteiger partial charge in [0.15, 0.2) is 0 Å². The molecule has 0 aromatic carbocycles. The van der Waals surface area contributed by atoms with E-state index in [-0.39, 0.29) is 5.91 Å². The summed E-state index contributed by atoms with van der Waals surface area (Å²) in [7, 11) is 0. The molecule has 1 aliphatic carbocycles. The van der Waals surface area contributed by atoms with Crippen LogP contribution in [-0.4, -0.2) is 67.7 Å². The summed E-state index contributed by atoms with van der Waals surface area (Å²) in [5.41, 5.74) is 0.643. The van der Waals surface area contributed by atoms with Crippen LogP contribution in [0, 0.1) is 11.8 Å². The number of nitrogens with zero attached hydrogens (tertiary/aromatic N) is 6. The van der Waals surface area contributed by atoms with Gasteiger partial charge in [-0.05, 0) is 43.2 Å². The molecule has 7 heteroatoms. The molecule has 7 nitrogen and oxygen atoms in total. The SMILES string of the molecule is CC(C)[C@H]1CN(C(=O)c2ccc(-n3cnnc3)nc2)CCCN1CC1CC1. The first-order chi connectivity index (χ1) is 13.1. The lowest BCUT2D eigenvalue weighted by atomic mass is 10.0. The van der Waals surface area contributed by atoms with Crippen LogP contribution in [0.5, 0.6) is 0 Å². The van der Waals surface area contributed by atoms with Crippen molar-refractivity contribution in [2.75, 3.05) is 26.2 Å². The van der Waals surface area contributed by atoms with Gasteiger partial charge in [0.2, 0.25) is 0 Å². The normalized spacial score (nSPS) is 21.4. The molecule has 2 aromatic rings. The van der Waals surface area contributed by atoms with Crippen molar-refractivity contribution in [3.05, 3.63) is 36.5 Å². The molecule has 1 saturated heterocycles. The molecule has 1 aliphatic heterocycles. The molecule has 1 atom stereocenters. The molecular formula is C20H28N6O. The third-order valence-corrected chi connectivity index (χ3v) is 5.67. The third kappa shape index (κ3) is 4.18. The molecule has 0 spiro atoms. The lowest BCUT2D eigenvalue weighted by Crippen LogP contribution is -2.46. The monoisotopic (exact) mass is 368 g/mol. The third-order valence-electron chi connectivity index (χ3n) is 5.67. The van der Waals surface area contributed by atoms with Gasteiger partial charge in [0.25, 0.3) is 5.91 Å². The largest absolute Gasteiger partial charge is 0.337 e. The first-order valence-electron chi connectivity index (χ1n) is 9.96. The predicted molar refractivity (Wildman–Crippen MR) is 103 cm³/mol. The summed E-state index contributed by atoms with van der Waals surface area (Å²) in [5.74, 6) is 2.20. The van der Waals surface area contributed by atoms with Crippen molar-refractivity contribution in [3.8, 4) is 5.82 Å². The highest BCUT2D eigenvalue weighted by Crippen LogP contribution is 2.32. The van der Waals surface area contributed by atoms with Crippen LogP contribution in [0.3, 0.4) is 0 Å². The molecule has 3 heterocycles. The second kappa shape index (κ2) is 7.76. The van der Waals surface area contributed by atoms with Gasteiger partial charge < -0.3 is 4.90 Å². The van der Waals surface area contributed by atoms with Gasteiger partial charge in [0, 0.05) is 38.4 Å². The first-order valence-corrected chi connectivity index (χ1v) is 9.96. The maximum atomic E-state index is 13.1. The molecule has 2 fully saturated rings. The number of rotatable bonds is 5. The molecule has 2 aromatic heterocycles. The number of carbonyl (C=O) groups is 1. The molecular weight excluding hydrogens is 340 g/mol. The molecule has 1 amide bonds. The van der Waals surface area contributed by atoms with Crippen LogP contribution >= 0.6 is 0 Å². The van der Waals surface area contributed by atoms with Gasteiger partial charge in [-0.2, -0.15) is 0 Å². The summed E-state index contributed by atoms with van der Waals surface area (Å²) in [6.07, 6.45) is 8.63. The zero-order valence-corrected chi connectivity index (χ0v) is 16.2. The van der Waals surface area contributed by atoms with E-state index in [0.29, 0.717) is 23.3 Å². The summed E-state index contributed by atoms with van der Waals surface area (Å²) < 4.78 is 1.73. The van der Waals surface area contributed by atoms with E-state index in [2.05, 4.69) is 33.9 Å². The van der Waals surface area contributed by atoms with Crippen LogP contribution in [0.4, 0.5) is 0 Å². The second-order valence-corrected chi connectivity index (χ2v) is 8.13. The quantitative estimate of drug-likeness (QED) is 0.810. The molecule has 0 radical (unpaired) electrons. The minimum Gasteiger partial charge on any atom is -0.337 e. The van der Waals surface area contributed by atoms with Crippen molar-refractivity contribution in [2.45, 2.75) is 39.2 Å². The highest BCUT2D eigenvalue weighted by molar-refractivity contribution is 5.94. The summed E-state index contributed by atoms with van der Waals surface area (Å²) in [5, 5.41) is 7.58. The predicted octanol–water partition coefficient (Wildman–Crippen LogP) is 2.24. The molecule has 0 bridgehead atoms. The van der Waals surface area contributed by atoms with Crippen molar-refractivity contribution in [3.63, 3.8) is 0 Å². The minimum absolute atomic E-state index is 0.0803. The Morgan fingerprint density at radius 1 is 1.19 bits per heavy atom. The molecule has 144 valence electrons. The van der Waals surface area contributed by atoms with E-state index in [1.807, 2.05) is 17.0 Å². The molecule has 0 N–H and O–H groups in total. The van der Waals surface area contributed by atoms with E-state index in [4.69, 9.17) is 0 Å². The highest BCUT2D eigenvalue weighted by Gasteiger charge is 2.33. The Morgan fingerprint density at radius 2 is 1.96 bits per heavy atom. The van der Waals surface area contributed by atoms with E-state index in [9.17, 15) is 4.79 Å². The van der Waals surface area contributed by atoms with Gasteiger partial charge in [-0.3, -0.25) is 14.3 Å². The molecule has 1 saturated carbocycles. The van der Waals surface area contributed by atoms with Crippen LogP contribution < -0.4 is 0 Å². The average Bonchev–Trinajstić information content (AvgIpc) is 3.38. The van der Waals surface area contributed by atoms with Crippen molar-refractivity contribution in [1.29, 1.82) is 0 Å². The highest BCUT2D eigenvalue weighted by atomic mass is 16.2. The van der Waals surface area contributed by atoms with Gasteiger partial charge in [-0.25, -0.2) is 4.98 Å². The fraction of sp³-hybridized carbons (Fsp3) is 0.600. The Balaban J connectivity index is 1.47. The van der Waals surface area contributed by atoms with Crippen molar-refractivity contribution in [2.24, 2.45) is 11.8 Å². The van der Waals surface area contributed by atoms with Crippen molar-refractivity contribution in [1.82, 2.24) is 29.5 Å². The van der Waals surface area contributed by atoms with Crippen LogP contribution in [0.2, 0.25) is 0 Å². The maximum Gasteiger partial charge on any atom is 0.255 e. The zero-order valence-electron chi connectivity index (χ0n) is 16.2. The molecule has 0 unspecified atom stereocenters. The number of amides is 1. The number of hydrogen-bond donors (Lipinski definition) is 0.